The summed E-state index contributed by atoms with van der Waals surface area (Å²) in [5.74, 6) is 0.719. The Morgan fingerprint density at radius 1 is 1.09 bits per heavy atom. The summed E-state index contributed by atoms with van der Waals surface area (Å²) in [7, 11) is 0. The fourth-order valence-electron chi connectivity index (χ4n) is 3.07. The van der Waals surface area contributed by atoms with Crippen LogP contribution in [0, 0.1) is 18.3 Å². The molecule has 3 aromatic carbocycles. The van der Waals surface area contributed by atoms with Crippen LogP contribution in [0.3, 0.4) is 0 Å². The van der Waals surface area contributed by atoms with E-state index < -0.39 is 11.9 Å². The highest BCUT2D eigenvalue weighted by molar-refractivity contribution is 9.11. The molecule has 0 aliphatic carbocycles. The standard InChI is InChI=1S/C22H15Br2FO5.C2H2O/c23-17-9-19-16(8-14(10-26)29-19)20(24)22(17)30-13-5-6-18(27)15(7-13)21(28)11-1-3-12(25)4-2-11;1-2-3/h1-9,21,26-28H,10H2;1,3H. The number of fused-ring (bicyclic) bond motifs is 1. The smallest absolute Gasteiger partial charge is 0.156 e. The monoisotopic (exact) mass is 578 g/mol. The Kier molecular flexibility index (Phi) is 8.00. The lowest BCUT2D eigenvalue weighted by Crippen LogP contribution is -2.01. The molecule has 0 amide bonds. The number of hydrogen-bond acceptors (Lipinski definition) is 6. The van der Waals surface area contributed by atoms with Crippen LogP contribution in [-0.2, 0) is 6.61 Å². The summed E-state index contributed by atoms with van der Waals surface area (Å²) in [6.45, 7) is -0.225. The van der Waals surface area contributed by atoms with Gasteiger partial charge in [0.15, 0.2) is 5.75 Å². The van der Waals surface area contributed by atoms with E-state index in [-0.39, 0.29) is 17.9 Å². The van der Waals surface area contributed by atoms with Crippen LogP contribution in [0.15, 0.2) is 68.0 Å². The van der Waals surface area contributed by atoms with Crippen LogP contribution in [0.2, 0.25) is 0 Å². The molecule has 1 aromatic heterocycles. The molecule has 0 spiro atoms. The number of terminal acetylenes is 1. The van der Waals surface area contributed by atoms with E-state index >= 15 is 0 Å². The maximum Gasteiger partial charge on any atom is 0.156 e. The van der Waals surface area contributed by atoms with Gasteiger partial charge in [-0.25, -0.2) is 4.39 Å². The van der Waals surface area contributed by atoms with Gasteiger partial charge in [0.25, 0.3) is 0 Å². The number of rotatable bonds is 5. The van der Waals surface area contributed by atoms with Gasteiger partial charge in [-0.05, 0) is 79.9 Å². The number of ether oxygens (including phenoxy) is 1. The van der Waals surface area contributed by atoms with E-state index in [2.05, 4.69) is 38.3 Å². The Morgan fingerprint density at radius 3 is 2.39 bits per heavy atom. The Bertz CT molecular complexity index is 1310. The number of halogens is 3. The zero-order valence-corrected chi connectivity index (χ0v) is 20.0. The zero-order chi connectivity index (χ0) is 24.1. The molecule has 0 saturated heterocycles. The summed E-state index contributed by atoms with van der Waals surface area (Å²) in [5.41, 5.74) is 1.23. The molecule has 1 heterocycles. The minimum absolute atomic E-state index is 0.116. The van der Waals surface area contributed by atoms with Gasteiger partial charge < -0.3 is 29.6 Å². The summed E-state index contributed by atoms with van der Waals surface area (Å²) in [6, 6.07) is 13.3. The van der Waals surface area contributed by atoms with Gasteiger partial charge in [-0.2, -0.15) is 0 Å². The Morgan fingerprint density at radius 2 is 1.76 bits per heavy atom. The van der Waals surface area contributed by atoms with Crippen LogP contribution >= 0.6 is 31.9 Å². The van der Waals surface area contributed by atoms with E-state index in [9.17, 15) is 19.7 Å². The molecule has 0 fully saturated rings. The average Bonchev–Trinajstić information content (AvgIpc) is 3.21. The normalized spacial score (nSPS) is 11.4. The third-order valence-electron chi connectivity index (χ3n) is 4.58. The molecular formula is C24H17Br2FO6. The number of furan rings is 1. The maximum atomic E-state index is 13.2. The van der Waals surface area contributed by atoms with Crippen LogP contribution in [0.5, 0.6) is 17.2 Å². The van der Waals surface area contributed by atoms with Crippen molar-refractivity contribution in [3.63, 3.8) is 0 Å². The van der Waals surface area contributed by atoms with Crippen LogP contribution in [0.4, 0.5) is 4.39 Å². The van der Waals surface area contributed by atoms with Gasteiger partial charge in [-0.3, -0.25) is 0 Å². The van der Waals surface area contributed by atoms with Crippen molar-refractivity contribution in [1.29, 1.82) is 0 Å². The Balaban J connectivity index is 0.000000968. The SMILES string of the molecule is C#CO.OCc1cc2c(Br)c(Oc3ccc(O)c(C(O)c4ccc(F)cc4)c3)c(Br)cc2o1. The van der Waals surface area contributed by atoms with E-state index in [4.69, 9.17) is 14.3 Å². The topological polar surface area (TPSA) is 103 Å². The minimum Gasteiger partial charge on any atom is -0.508 e. The van der Waals surface area contributed by atoms with Crippen molar-refractivity contribution in [2.45, 2.75) is 12.7 Å². The Labute approximate surface area is 205 Å². The molecule has 33 heavy (non-hydrogen) atoms. The molecule has 170 valence electrons. The van der Waals surface area contributed by atoms with Crippen molar-refractivity contribution < 1.29 is 34.0 Å². The second kappa shape index (κ2) is 10.7. The van der Waals surface area contributed by atoms with E-state index in [0.29, 0.717) is 37.4 Å². The molecule has 0 aliphatic rings. The van der Waals surface area contributed by atoms with Crippen molar-refractivity contribution in [2.75, 3.05) is 0 Å². The predicted octanol–water partition coefficient (Wildman–Crippen LogP) is 6.12. The lowest BCUT2D eigenvalue weighted by Gasteiger charge is -2.16. The van der Waals surface area contributed by atoms with E-state index in [1.165, 1.54) is 42.5 Å². The van der Waals surface area contributed by atoms with Crippen molar-refractivity contribution >= 4 is 42.8 Å². The van der Waals surface area contributed by atoms with E-state index in [1.54, 1.807) is 18.2 Å². The summed E-state index contributed by atoms with van der Waals surface area (Å²) >= 11 is 6.96. The highest BCUT2D eigenvalue weighted by atomic mass is 79.9. The fraction of sp³-hybridized carbons (Fsp3) is 0.0833. The van der Waals surface area contributed by atoms with Crippen molar-refractivity contribution in [1.82, 2.24) is 0 Å². The van der Waals surface area contributed by atoms with E-state index in [0.717, 1.165) is 5.39 Å². The number of phenolic OH excluding ortho intramolecular Hbond substituents is 1. The number of aliphatic hydroxyl groups is 3. The molecule has 9 heteroatoms. The molecule has 6 nitrogen and oxygen atoms in total. The van der Waals surface area contributed by atoms with Crippen LogP contribution < -0.4 is 4.74 Å². The van der Waals surface area contributed by atoms with Gasteiger partial charge in [0, 0.05) is 10.9 Å². The summed E-state index contributed by atoms with van der Waals surface area (Å²) in [4.78, 5) is 0. The number of aromatic hydroxyl groups is 1. The Hall–Kier alpha value is -3.03. The quantitative estimate of drug-likeness (QED) is 0.212. The molecule has 4 aromatic rings. The van der Waals surface area contributed by atoms with Gasteiger partial charge >= 0.3 is 0 Å². The molecular weight excluding hydrogens is 563 g/mol. The summed E-state index contributed by atoms with van der Waals surface area (Å²) in [5, 5.41) is 38.0. The highest BCUT2D eigenvalue weighted by Gasteiger charge is 2.19. The van der Waals surface area contributed by atoms with Crippen LogP contribution in [-0.4, -0.2) is 20.4 Å². The van der Waals surface area contributed by atoms with Gasteiger partial charge in [0.05, 0.1) is 8.95 Å². The molecule has 0 bridgehead atoms. The molecule has 0 radical (unpaired) electrons. The molecule has 0 aliphatic heterocycles. The average molecular weight is 580 g/mol. The number of phenols is 1. The maximum absolute atomic E-state index is 13.2. The third-order valence-corrected chi connectivity index (χ3v) is 5.95. The molecule has 4 N–H and O–H groups in total. The molecule has 1 atom stereocenters. The second-order valence-corrected chi connectivity index (χ2v) is 8.34. The van der Waals surface area contributed by atoms with Gasteiger partial charge in [-0.1, -0.05) is 18.6 Å². The van der Waals surface area contributed by atoms with Crippen molar-refractivity contribution in [3.8, 4) is 29.8 Å². The number of hydrogen-bond donors (Lipinski definition) is 4. The van der Waals surface area contributed by atoms with Gasteiger partial charge in [-0.15, -0.1) is 0 Å². The summed E-state index contributed by atoms with van der Waals surface area (Å²) in [6.07, 6.45) is 4.24. The fourth-order valence-corrected chi connectivity index (χ4v) is 4.43. The first-order valence-corrected chi connectivity index (χ1v) is 10.9. The second-order valence-electron chi connectivity index (χ2n) is 6.69. The first kappa shape index (κ1) is 24.6. The molecule has 1 unspecified atom stereocenters. The van der Waals surface area contributed by atoms with Crippen LogP contribution in [0.1, 0.15) is 23.0 Å². The lowest BCUT2D eigenvalue weighted by atomic mass is 10.0. The third kappa shape index (κ3) is 5.49. The van der Waals surface area contributed by atoms with Crippen molar-refractivity contribution in [3.05, 3.63) is 86.2 Å². The van der Waals surface area contributed by atoms with Gasteiger partial charge in [0.2, 0.25) is 0 Å². The largest absolute Gasteiger partial charge is 0.508 e. The molecule has 4 rings (SSSR count). The highest BCUT2D eigenvalue weighted by Crippen LogP contribution is 2.44. The van der Waals surface area contributed by atoms with E-state index in [1.807, 2.05) is 0 Å². The zero-order valence-electron chi connectivity index (χ0n) is 16.8. The number of benzene rings is 3. The first-order valence-electron chi connectivity index (χ1n) is 9.34. The lowest BCUT2D eigenvalue weighted by molar-refractivity contribution is 0.215. The van der Waals surface area contributed by atoms with Crippen molar-refractivity contribution in [2.24, 2.45) is 0 Å². The van der Waals surface area contributed by atoms with Crippen LogP contribution in [0.25, 0.3) is 11.0 Å². The minimum atomic E-state index is -1.16. The predicted molar refractivity (Wildman–Crippen MR) is 127 cm³/mol. The number of aliphatic hydroxyl groups excluding tert-OH is 3. The summed E-state index contributed by atoms with van der Waals surface area (Å²) < 4.78 is 26.0. The molecule has 0 saturated carbocycles. The van der Waals surface area contributed by atoms with Gasteiger partial charge in [0.1, 0.15) is 47.5 Å². The first-order chi connectivity index (χ1) is 15.8.